The molecule has 0 amide bonds. The highest BCUT2D eigenvalue weighted by atomic mass is 127. The Balaban J connectivity index is 1.84. The number of hydrogen-bond donors (Lipinski definition) is 1. The number of aromatic hydroxyl groups is 1. The predicted molar refractivity (Wildman–Crippen MR) is 122 cm³/mol. The Bertz CT molecular complexity index is 1430. The molecular weight excluding hydrogens is 529 g/mol. The van der Waals surface area contributed by atoms with Crippen LogP contribution in [0.3, 0.4) is 0 Å². The maximum absolute atomic E-state index is 13.3. The molecule has 0 spiro atoms. The first-order chi connectivity index (χ1) is 15.3. The Labute approximate surface area is 195 Å². The van der Waals surface area contributed by atoms with Gasteiger partial charge in [-0.3, -0.25) is 9.59 Å². The van der Waals surface area contributed by atoms with Crippen molar-refractivity contribution in [1.29, 1.82) is 0 Å². The highest BCUT2D eigenvalue weighted by Crippen LogP contribution is 2.53. The van der Waals surface area contributed by atoms with Gasteiger partial charge in [0.25, 0.3) is 0 Å². The first-order valence-electron chi connectivity index (χ1n) is 9.89. The summed E-state index contributed by atoms with van der Waals surface area (Å²) < 4.78 is 9.48. The molecule has 32 heavy (non-hydrogen) atoms. The number of carbonyl (C=O) groups is 2. The van der Waals surface area contributed by atoms with Crippen molar-refractivity contribution in [1.82, 2.24) is 13.9 Å². The van der Waals surface area contributed by atoms with Crippen molar-refractivity contribution in [2.45, 2.75) is 24.9 Å². The van der Waals surface area contributed by atoms with E-state index in [2.05, 4.69) is 0 Å². The number of ketones is 2. The van der Waals surface area contributed by atoms with Crippen molar-refractivity contribution >= 4 is 34.2 Å². The van der Waals surface area contributed by atoms with Crippen molar-refractivity contribution in [2.24, 2.45) is 7.05 Å². The lowest BCUT2D eigenvalue weighted by atomic mass is 9.68. The van der Waals surface area contributed by atoms with Gasteiger partial charge in [-0.15, -0.1) is 0 Å². The zero-order chi connectivity index (χ0) is 22.9. The molecule has 1 aliphatic heterocycles. The maximum atomic E-state index is 13.3. The van der Waals surface area contributed by atoms with Gasteiger partial charge in [0.15, 0.2) is 11.6 Å². The summed E-state index contributed by atoms with van der Waals surface area (Å²) >= 11 is 1.84. The van der Waals surface area contributed by atoms with Crippen molar-refractivity contribution in [3.63, 3.8) is 0 Å². The molecule has 2 heterocycles. The average Bonchev–Trinajstić information content (AvgIpc) is 3.00. The molecule has 0 saturated heterocycles. The smallest absolute Gasteiger partial charge is 0.347 e. The van der Waals surface area contributed by atoms with Crippen LogP contribution in [0.4, 0.5) is 0 Å². The molecular formula is C22H18IN3O6. The van der Waals surface area contributed by atoms with E-state index in [9.17, 15) is 24.3 Å². The Morgan fingerprint density at radius 2 is 1.91 bits per heavy atom. The number of benzene rings is 1. The van der Waals surface area contributed by atoms with E-state index in [1.807, 2.05) is 22.6 Å². The third-order valence-electron chi connectivity index (χ3n) is 6.34. The number of carbonyl (C=O) groups excluding carboxylic acids is 2. The van der Waals surface area contributed by atoms with Gasteiger partial charge in [0.2, 0.25) is 0 Å². The van der Waals surface area contributed by atoms with Crippen LogP contribution in [0.15, 0.2) is 60.2 Å². The van der Waals surface area contributed by atoms with Crippen molar-refractivity contribution in [3.8, 4) is 11.5 Å². The van der Waals surface area contributed by atoms with E-state index < -0.39 is 23.3 Å². The second-order valence-corrected chi connectivity index (χ2v) is 9.04. The normalized spacial score (nSPS) is 22.1. The average molecular weight is 547 g/mol. The van der Waals surface area contributed by atoms with Crippen molar-refractivity contribution in [2.75, 3.05) is 7.11 Å². The summed E-state index contributed by atoms with van der Waals surface area (Å²) in [6, 6.07) is 4.13. The second kappa shape index (κ2) is 7.19. The molecule has 2 atom stereocenters. The number of rotatable bonds is 2. The molecule has 0 bridgehead atoms. The number of halogens is 1. The summed E-state index contributed by atoms with van der Waals surface area (Å²) in [5.74, 6) is -1.14. The van der Waals surface area contributed by atoms with Crippen LogP contribution in [0.25, 0.3) is 0 Å². The van der Waals surface area contributed by atoms with Crippen LogP contribution in [0.1, 0.15) is 23.9 Å². The molecule has 9 nitrogen and oxygen atoms in total. The zero-order valence-corrected chi connectivity index (χ0v) is 19.3. The molecule has 3 aliphatic rings. The van der Waals surface area contributed by atoms with Gasteiger partial charge < -0.3 is 9.84 Å². The third-order valence-corrected chi connectivity index (χ3v) is 7.15. The summed E-state index contributed by atoms with van der Waals surface area (Å²) in [5.41, 5.74) is 0.627. The SMILES string of the molecule is COc1cccc(O)c1[C@H]1C2=CCn3c(=O)n(C)c(=O)n3[C@@H]2CC2=C1C(=O)C(I)=CC2=O. The van der Waals surface area contributed by atoms with Crippen LogP contribution in [-0.4, -0.2) is 37.7 Å². The second-order valence-electron chi connectivity index (χ2n) is 7.88. The molecule has 164 valence electrons. The molecule has 1 N–H and O–H groups in total. The monoisotopic (exact) mass is 547 g/mol. The van der Waals surface area contributed by atoms with Crippen LogP contribution in [0.2, 0.25) is 0 Å². The van der Waals surface area contributed by atoms with Gasteiger partial charge >= 0.3 is 11.4 Å². The Hall–Kier alpha value is -3.15. The molecule has 10 heteroatoms. The van der Waals surface area contributed by atoms with E-state index in [-0.39, 0.29) is 45.0 Å². The maximum Gasteiger partial charge on any atom is 0.347 e. The van der Waals surface area contributed by atoms with Gasteiger partial charge in [-0.1, -0.05) is 12.1 Å². The van der Waals surface area contributed by atoms with Gasteiger partial charge in [-0.2, -0.15) is 0 Å². The van der Waals surface area contributed by atoms with E-state index in [1.165, 1.54) is 35.7 Å². The Kier molecular flexibility index (Phi) is 4.66. The molecule has 0 radical (unpaired) electrons. The number of Topliss-reactive ketones (excluding diaryl/α,β-unsaturated/α-hetero) is 1. The van der Waals surface area contributed by atoms with E-state index in [4.69, 9.17) is 4.74 Å². The number of hydrogen-bond acceptors (Lipinski definition) is 6. The van der Waals surface area contributed by atoms with Gasteiger partial charge in [0, 0.05) is 42.2 Å². The molecule has 1 aromatic carbocycles. The van der Waals surface area contributed by atoms with E-state index in [0.717, 1.165) is 4.57 Å². The Morgan fingerprint density at radius 3 is 2.62 bits per heavy atom. The molecule has 0 fully saturated rings. The largest absolute Gasteiger partial charge is 0.507 e. The lowest BCUT2D eigenvalue weighted by molar-refractivity contribution is -0.115. The van der Waals surface area contributed by atoms with E-state index in [1.54, 1.807) is 18.2 Å². The molecule has 0 saturated carbocycles. The topological polar surface area (TPSA) is 113 Å². The number of phenolic OH excluding ortho intramolecular Hbond substituents is 1. The zero-order valence-electron chi connectivity index (χ0n) is 17.2. The minimum Gasteiger partial charge on any atom is -0.507 e. The minimum absolute atomic E-state index is 0.0871. The van der Waals surface area contributed by atoms with Gasteiger partial charge in [-0.05, 0) is 40.3 Å². The van der Waals surface area contributed by atoms with Crippen molar-refractivity contribution < 1.29 is 19.4 Å². The number of nitrogens with zero attached hydrogens (tertiary/aromatic N) is 3. The fraction of sp³-hybridized carbons (Fsp3) is 0.273. The summed E-state index contributed by atoms with van der Waals surface area (Å²) in [6.45, 7) is 0.130. The highest BCUT2D eigenvalue weighted by Gasteiger charge is 2.46. The van der Waals surface area contributed by atoms with Gasteiger partial charge in [0.05, 0.1) is 23.3 Å². The summed E-state index contributed by atoms with van der Waals surface area (Å²) in [6.07, 6.45) is 3.19. The molecule has 2 aromatic rings. The summed E-state index contributed by atoms with van der Waals surface area (Å²) in [4.78, 5) is 51.7. The first kappa shape index (κ1) is 20.7. The molecule has 1 aromatic heterocycles. The first-order valence-corrected chi connectivity index (χ1v) is 11.0. The summed E-state index contributed by atoms with van der Waals surface area (Å²) in [5, 5.41) is 10.8. The fourth-order valence-electron chi connectivity index (χ4n) is 4.91. The quantitative estimate of drug-likeness (QED) is 0.347. The molecule has 0 unspecified atom stereocenters. The Morgan fingerprint density at radius 1 is 1.16 bits per heavy atom. The van der Waals surface area contributed by atoms with Crippen LogP contribution >= 0.6 is 22.6 Å². The highest BCUT2D eigenvalue weighted by molar-refractivity contribution is 14.1. The van der Waals surface area contributed by atoms with Crippen LogP contribution in [-0.2, 0) is 23.2 Å². The lowest BCUT2D eigenvalue weighted by Crippen LogP contribution is -2.40. The van der Waals surface area contributed by atoms with Crippen LogP contribution in [0, 0.1) is 0 Å². The number of aromatic nitrogens is 3. The number of phenols is 1. The van der Waals surface area contributed by atoms with Crippen LogP contribution in [0.5, 0.6) is 11.5 Å². The van der Waals surface area contributed by atoms with Crippen molar-refractivity contribution in [3.05, 3.63) is 77.2 Å². The standard InChI is InChI=1S/C22H18IN3O6/c1-24-21(30)25-7-6-10-13(26(25)22(24)31)8-11-15(28)9-12(23)20(29)18(11)17(10)19-14(27)4-3-5-16(19)32-2/h3-6,9,13,17,27H,7-8H2,1-2H3/t13-,17+/m1/s1. The van der Waals surface area contributed by atoms with Gasteiger partial charge in [-0.25, -0.2) is 23.5 Å². The number of fused-ring (bicyclic) bond motifs is 3. The van der Waals surface area contributed by atoms with Gasteiger partial charge in [0.1, 0.15) is 11.5 Å². The fourth-order valence-corrected chi connectivity index (χ4v) is 5.48. The van der Waals surface area contributed by atoms with Crippen LogP contribution < -0.4 is 16.1 Å². The van der Waals surface area contributed by atoms with E-state index >= 15 is 0 Å². The number of methoxy groups -OCH3 is 1. The minimum atomic E-state index is -0.800. The predicted octanol–water partition coefficient (Wildman–Crippen LogP) is 1.50. The van der Waals surface area contributed by atoms with E-state index in [0.29, 0.717) is 16.9 Å². The number of ether oxygens (including phenoxy) is 1. The number of allylic oxidation sites excluding steroid dienone is 6. The third kappa shape index (κ3) is 2.68. The molecule has 2 aliphatic carbocycles. The molecule has 5 rings (SSSR count). The lowest BCUT2D eigenvalue weighted by Gasteiger charge is -2.39. The summed E-state index contributed by atoms with van der Waals surface area (Å²) in [7, 11) is 2.86.